The Labute approximate surface area is 142 Å². The molecule has 1 saturated heterocycles. The van der Waals surface area contributed by atoms with Crippen molar-refractivity contribution >= 4 is 17.5 Å². The number of anilines is 1. The van der Waals surface area contributed by atoms with Gasteiger partial charge in [-0.2, -0.15) is 0 Å². The van der Waals surface area contributed by atoms with Gasteiger partial charge in [-0.1, -0.05) is 42.5 Å². The number of nitrogens with zero attached hydrogens (tertiary/aromatic N) is 1. The molecule has 0 radical (unpaired) electrons. The molecule has 0 bridgehead atoms. The predicted molar refractivity (Wildman–Crippen MR) is 94.6 cm³/mol. The summed E-state index contributed by atoms with van der Waals surface area (Å²) in [7, 11) is 0. The number of hydrogen-bond acceptors (Lipinski definition) is 2. The molecule has 2 atom stereocenters. The van der Waals surface area contributed by atoms with Gasteiger partial charge in [0.2, 0.25) is 11.8 Å². The lowest BCUT2D eigenvalue weighted by atomic mass is 10.1. The van der Waals surface area contributed by atoms with Gasteiger partial charge in [-0.3, -0.25) is 9.59 Å². The molecule has 1 aliphatic rings. The normalized spacial score (nSPS) is 18.5. The van der Waals surface area contributed by atoms with Crippen LogP contribution in [0, 0.1) is 12.8 Å². The molecule has 2 aromatic rings. The lowest BCUT2D eigenvalue weighted by molar-refractivity contribution is -0.126. The fourth-order valence-electron chi connectivity index (χ4n) is 3.08. The van der Waals surface area contributed by atoms with Crippen molar-refractivity contribution in [3.05, 3.63) is 65.7 Å². The van der Waals surface area contributed by atoms with Crippen LogP contribution in [0.3, 0.4) is 0 Å². The molecule has 0 aromatic heterocycles. The van der Waals surface area contributed by atoms with Crippen LogP contribution in [0.15, 0.2) is 54.6 Å². The fraction of sp³-hybridized carbons (Fsp3) is 0.300. The first kappa shape index (κ1) is 16.2. The monoisotopic (exact) mass is 322 g/mol. The summed E-state index contributed by atoms with van der Waals surface area (Å²) in [5, 5.41) is 3.02. The molecule has 1 N–H and O–H groups in total. The molecule has 0 saturated carbocycles. The number of rotatable bonds is 4. The van der Waals surface area contributed by atoms with Gasteiger partial charge in [-0.25, -0.2) is 0 Å². The molecule has 2 aromatic carbocycles. The van der Waals surface area contributed by atoms with E-state index in [0.29, 0.717) is 6.54 Å². The summed E-state index contributed by atoms with van der Waals surface area (Å²) < 4.78 is 0. The Morgan fingerprint density at radius 2 is 1.92 bits per heavy atom. The van der Waals surface area contributed by atoms with E-state index in [1.807, 2.05) is 68.4 Å². The molecule has 1 heterocycles. The van der Waals surface area contributed by atoms with Gasteiger partial charge in [0.25, 0.3) is 0 Å². The summed E-state index contributed by atoms with van der Waals surface area (Å²) in [5.41, 5.74) is 3.03. The quantitative estimate of drug-likeness (QED) is 0.939. The van der Waals surface area contributed by atoms with Crippen LogP contribution >= 0.6 is 0 Å². The van der Waals surface area contributed by atoms with Gasteiger partial charge in [0.05, 0.1) is 12.0 Å². The number of aryl methyl sites for hydroxylation is 1. The Hall–Kier alpha value is -2.62. The molecular weight excluding hydrogens is 300 g/mol. The van der Waals surface area contributed by atoms with Crippen molar-refractivity contribution in [2.45, 2.75) is 26.3 Å². The van der Waals surface area contributed by atoms with E-state index in [-0.39, 0.29) is 30.2 Å². The standard InChI is InChI=1S/C20H22N2O2/c1-14-7-6-10-18(11-14)22-13-17(12-19(22)23)20(24)21-15(2)16-8-4-3-5-9-16/h3-11,15,17H,12-13H2,1-2H3,(H,21,24). The summed E-state index contributed by atoms with van der Waals surface area (Å²) in [6, 6.07) is 17.6. The van der Waals surface area contributed by atoms with Crippen molar-refractivity contribution in [1.82, 2.24) is 5.32 Å². The SMILES string of the molecule is Cc1cccc(N2CC(C(=O)NC(C)c3ccccc3)CC2=O)c1. The summed E-state index contributed by atoms with van der Waals surface area (Å²) in [4.78, 5) is 26.5. The van der Waals surface area contributed by atoms with Crippen LogP contribution in [0.5, 0.6) is 0 Å². The minimum absolute atomic E-state index is 0.00751. The zero-order chi connectivity index (χ0) is 17.1. The van der Waals surface area contributed by atoms with E-state index >= 15 is 0 Å². The molecule has 0 spiro atoms. The highest BCUT2D eigenvalue weighted by atomic mass is 16.2. The predicted octanol–water partition coefficient (Wildman–Crippen LogP) is 3.23. The van der Waals surface area contributed by atoms with E-state index in [1.165, 1.54) is 0 Å². The van der Waals surface area contributed by atoms with E-state index in [4.69, 9.17) is 0 Å². The lowest BCUT2D eigenvalue weighted by Gasteiger charge is -2.19. The van der Waals surface area contributed by atoms with Crippen LogP contribution in [-0.2, 0) is 9.59 Å². The third-order valence-corrected chi connectivity index (χ3v) is 4.47. The number of hydrogen-bond donors (Lipinski definition) is 1. The maximum absolute atomic E-state index is 12.5. The Bertz CT molecular complexity index is 742. The number of carbonyl (C=O) groups is 2. The highest BCUT2D eigenvalue weighted by Crippen LogP contribution is 2.26. The Morgan fingerprint density at radius 3 is 2.62 bits per heavy atom. The first-order valence-corrected chi connectivity index (χ1v) is 8.27. The molecule has 3 rings (SSSR count). The zero-order valence-corrected chi connectivity index (χ0v) is 14.0. The lowest BCUT2D eigenvalue weighted by Crippen LogP contribution is -2.34. The Morgan fingerprint density at radius 1 is 1.17 bits per heavy atom. The van der Waals surface area contributed by atoms with E-state index in [9.17, 15) is 9.59 Å². The van der Waals surface area contributed by atoms with Crippen LogP contribution in [0.2, 0.25) is 0 Å². The largest absolute Gasteiger partial charge is 0.349 e. The molecule has 1 aliphatic heterocycles. The summed E-state index contributed by atoms with van der Waals surface area (Å²) >= 11 is 0. The Balaban J connectivity index is 1.66. The fourth-order valence-corrected chi connectivity index (χ4v) is 3.08. The van der Waals surface area contributed by atoms with Gasteiger partial charge >= 0.3 is 0 Å². The highest BCUT2D eigenvalue weighted by Gasteiger charge is 2.35. The maximum atomic E-state index is 12.5. The third kappa shape index (κ3) is 3.48. The first-order valence-electron chi connectivity index (χ1n) is 8.27. The molecule has 2 amide bonds. The molecule has 0 aliphatic carbocycles. The maximum Gasteiger partial charge on any atom is 0.227 e. The second-order valence-corrected chi connectivity index (χ2v) is 6.39. The van der Waals surface area contributed by atoms with E-state index in [0.717, 1.165) is 16.8 Å². The minimum atomic E-state index is -0.302. The number of amides is 2. The van der Waals surface area contributed by atoms with Gasteiger partial charge < -0.3 is 10.2 Å². The van der Waals surface area contributed by atoms with Crippen molar-refractivity contribution in [3.63, 3.8) is 0 Å². The van der Waals surface area contributed by atoms with Gasteiger partial charge in [-0.05, 0) is 37.1 Å². The smallest absolute Gasteiger partial charge is 0.227 e. The van der Waals surface area contributed by atoms with Gasteiger partial charge in [0.15, 0.2) is 0 Å². The van der Waals surface area contributed by atoms with Crippen molar-refractivity contribution in [3.8, 4) is 0 Å². The Kier molecular flexibility index (Phi) is 4.65. The molecule has 4 nitrogen and oxygen atoms in total. The van der Waals surface area contributed by atoms with Crippen molar-refractivity contribution in [2.75, 3.05) is 11.4 Å². The van der Waals surface area contributed by atoms with Crippen molar-refractivity contribution in [1.29, 1.82) is 0 Å². The molecule has 124 valence electrons. The average molecular weight is 322 g/mol. The number of benzene rings is 2. The average Bonchev–Trinajstić information content (AvgIpc) is 2.97. The molecular formula is C20H22N2O2. The molecule has 1 fully saturated rings. The topological polar surface area (TPSA) is 49.4 Å². The number of nitrogens with one attached hydrogen (secondary N) is 1. The minimum Gasteiger partial charge on any atom is -0.349 e. The van der Waals surface area contributed by atoms with Crippen LogP contribution in [0.4, 0.5) is 5.69 Å². The van der Waals surface area contributed by atoms with Crippen molar-refractivity contribution < 1.29 is 9.59 Å². The summed E-state index contributed by atoms with van der Waals surface area (Å²) in [6.07, 6.45) is 0.265. The number of carbonyl (C=O) groups excluding carboxylic acids is 2. The van der Waals surface area contributed by atoms with Gasteiger partial charge in [-0.15, -0.1) is 0 Å². The van der Waals surface area contributed by atoms with Crippen LogP contribution in [-0.4, -0.2) is 18.4 Å². The van der Waals surface area contributed by atoms with E-state index < -0.39 is 0 Å². The molecule has 2 unspecified atom stereocenters. The second-order valence-electron chi connectivity index (χ2n) is 6.39. The summed E-state index contributed by atoms with van der Waals surface area (Å²) in [5.74, 6) is -0.354. The van der Waals surface area contributed by atoms with Crippen LogP contribution in [0.1, 0.15) is 30.5 Å². The van der Waals surface area contributed by atoms with E-state index in [2.05, 4.69) is 5.32 Å². The first-order chi connectivity index (χ1) is 11.5. The van der Waals surface area contributed by atoms with Crippen LogP contribution < -0.4 is 10.2 Å². The summed E-state index contributed by atoms with van der Waals surface area (Å²) in [6.45, 7) is 4.40. The van der Waals surface area contributed by atoms with Crippen LogP contribution in [0.25, 0.3) is 0 Å². The van der Waals surface area contributed by atoms with Gasteiger partial charge in [0.1, 0.15) is 0 Å². The van der Waals surface area contributed by atoms with Crippen molar-refractivity contribution in [2.24, 2.45) is 5.92 Å². The highest BCUT2D eigenvalue weighted by molar-refractivity contribution is 6.00. The second kappa shape index (κ2) is 6.87. The van der Waals surface area contributed by atoms with E-state index in [1.54, 1.807) is 4.90 Å². The zero-order valence-electron chi connectivity index (χ0n) is 14.0. The molecule has 24 heavy (non-hydrogen) atoms. The molecule has 4 heteroatoms. The van der Waals surface area contributed by atoms with Gasteiger partial charge in [0, 0.05) is 18.7 Å². The third-order valence-electron chi connectivity index (χ3n) is 4.47.